The predicted molar refractivity (Wildman–Crippen MR) is 128 cm³/mol. The van der Waals surface area contributed by atoms with E-state index in [1.165, 1.54) is 24.6 Å². The van der Waals surface area contributed by atoms with Gasteiger partial charge in [0.15, 0.2) is 0 Å². The number of carbonyl (C=O) groups is 2. The van der Waals surface area contributed by atoms with Gasteiger partial charge in [-0.05, 0) is 72.0 Å². The van der Waals surface area contributed by atoms with Gasteiger partial charge < -0.3 is 16.0 Å². The van der Waals surface area contributed by atoms with Crippen molar-refractivity contribution < 1.29 is 14.0 Å². The summed E-state index contributed by atoms with van der Waals surface area (Å²) in [6, 6.07) is 19.7. The van der Waals surface area contributed by atoms with E-state index in [0.717, 1.165) is 48.0 Å². The fourth-order valence-corrected chi connectivity index (χ4v) is 3.71. The molecular weight excluding hydrogens is 419 g/mol. The molecule has 1 heterocycles. The number of aryl methyl sites for hydroxylation is 1. The number of hydrogen-bond acceptors (Lipinski definition) is 4. The monoisotopic (exact) mass is 444 g/mol. The molecule has 4 rings (SSSR count). The molecule has 0 atom stereocenters. The van der Waals surface area contributed by atoms with Crippen LogP contribution in [0.5, 0.6) is 0 Å². The van der Waals surface area contributed by atoms with Crippen LogP contribution >= 0.6 is 0 Å². The molecule has 3 aromatic rings. The van der Waals surface area contributed by atoms with Crippen LogP contribution in [-0.4, -0.2) is 18.4 Å². The number of nitrogens with two attached hydrogens (primary N) is 1. The van der Waals surface area contributed by atoms with Crippen LogP contribution in [0.2, 0.25) is 0 Å². The Bertz CT molecular complexity index is 1230. The maximum absolute atomic E-state index is 12.5. The smallest absolute Gasteiger partial charge is 0.223 e. The number of nitriles is 1. The number of nitrogen functional groups attached to an aromatic ring is 1. The van der Waals surface area contributed by atoms with Crippen molar-refractivity contribution in [2.45, 2.75) is 26.7 Å². The van der Waals surface area contributed by atoms with E-state index in [-0.39, 0.29) is 17.4 Å². The molecule has 0 spiro atoms. The minimum Gasteiger partial charge on any atom is -0.399 e. The van der Waals surface area contributed by atoms with E-state index in [9.17, 15) is 14.0 Å². The third kappa shape index (κ3) is 5.95. The Morgan fingerprint density at radius 1 is 1.06 bits per heavy atom. The first kappa shape index (κ1) is 23.5. The van der Waals surface area contributed by atoms with Gasteiger partial charge in [-0.15, -0.1) is 0 Å². The SMILES string of the molecule is CC(=O)Nc1cccc(-c2ccc3c(c2)CCCN3C(C)=O)c1.N#Cc1ccc(N)cc1F. The summed E-state index contributed by atoms with van der Waals surface area (Å²) in [5.41, 5.74) is 10.7. The van der Waals surface area contributed by atoms with E-state index < -0.39 is 5.82 Å². The molecule has 0 saturated heterocycles. The van der Waals surface area contributed by atoms with Gasteiger partial charge in [-0.1, -0.05) is 18.2 Å². The fourth-order valence-electron chi connectivity index (χ4n) is 3.71. The molecule has 0 radical (unpaired) electrons. The molecule has 0 fully saturated rings. The van der Waals surface area contributed by atoms with Crippen LogP contribution in [0.15, 0.2) is 60.7 Å². The summed E-state index contributed by atoms with van der Waals surface area (Å²) < 4.78 is 12.5. The largest absolute Gasteiger partial charge is 0.399 e. The lowest BCUT2D eigenvalue weighted by Crippen LogP contribution is -2.33. The molecule has 0 bridgehead atoms. The standard InChI is InChI=1S/C19H20N2O2.C7H5FN2/c1-13(22)20-18-7-3-5-15(12-18)16-8-9-19-17(11-16)6-4-10-21(19)14(2)23;8-7-3-6(10)2-1-5(7)4-9/h3,5,7-9,11-12H,4,6,10H2,1-2H3,(H,20,22);1-3H,10H2. The maximum atomic E-state index is 12.5. The first-order chi connectivity index (χ1) is 15.8. The summed E-state index contributed by atoms with van der Waals surface area (Å²) in [6.45, 7) is 3.90. The number of hydrogen-bond donors (Lipinski definition) is 2. The number of benzene rings is 3. The summed E-state index contributed by atoms with van der Waals surface area (Å²) in [6.07, 6.45) is 1.97. The lowest BCUT2D eigenvalue weighted by Gasteiger charge is -2.29. The Morgan fingerprint density at radius 3 is 2.48 bits per heavy atom. The van der Waals surface area contributed by atoms with Crippen LogP contribution in [0.1, 0.15) is 31.4 Å². The molecule has 168 valence electrons. The zero-order valence-electron chi connectivity index (χ0n) is 18.6. The van der Waals surface area contributed by atoms with Gasteiger partial charge in [0.1, 0.15) is 11.9 Å². The molecule has 0 aliphatic carbocycles. The minimum absolute atomic E-state index is 0.0224. The molecule has 0 unspecified atom stereocenters. The second-order valence-electron chi connectivity index (χ2n) is 7.73. The summed E-state index contributed by atoms with van der Waals surface area (Å²) in [5.74, 6) is -0.557. The highest BCUT2D eigenvalue weighted by Gasteiger charge is 2.20. The number of nitrogens with one attached hydrogen (secondary N) is 1. The van der Waals surface area contributed by atoms with Crippen LogP contribution in [-0.2, 0) is 16.0 Å². The minimum atomic E-state index is -0.567. The number of amides is 2. The van der Waals surface area contributed by atoms with Gasteiger partial charge in [-0.3, -0.25) is 9.59 Å². The van der Waals surface area contributed by atoms with Gasteiger partial charge in [-0.25, -0.2) is 4.39 Å². The van der Waals surface area contributed by atoms with Crippen LogP contribution in [0.3, 0.4) is 0 Å². The van der Waals surface area contributed by atoms with Crippen LogP contribution < -0.4 is 16.0 Å². The second-order valence-corrected chi connectivity index (χ2v) is 7.73. The van der Waals surface area contributed by atoms with Crippen molar-refractivity contribution in [3.63, 3.8) is 0 Å². The van der Waals surface area contributed by atoms with E-state index in [1.54, 1.807) is 13.0 Å². The Labute approximate surface area is 192 Å². The highest BCUT2D eigenvalue weighted by Crippen LogP contribution is 2.32. The van der Waals surface area contributed by atoms with E-state index in [2.05, 4.69) is 11.4 Å². The molecule has 6 nitrogen and oxygen atoms in total. The third-order valence-electron chi connectivity index (χ3n) is 5.21. The first-order valence-electron chi connectivity index (χ1n) is 10.5. The van der Waals surface area contributed by atoms with Crippen molar-refractivity contribution in [3.05, 3.63) is 77.6 Å². The van der Waals surface area contributed by atoms with Gasteiger partial charge in [0.05, 0.1) is 5.56 Å². The molecular formula is C26H25FN4O2. The summed E-state index contributed by atoms with van der Waals surface area (Å²) in [7, 11) is 0. The highest BCUT2D eigenvalue weighted by molar-refractivity contribution is 5.93. The number of fused-ring (bicyclic) bond motifs is 1. The predicted octanol–water partition coefficient (Wildman–Crippen LogP) is 4.89. The van der Waals surface area contributed by atoms with Gasteiger partial charge >= 0.3 is 0 Å². The Kier molecular flexibility index (Phi) is 7.42. The quantitative estimate of drug-likeness (QED) is 0.550. The van der Waals surface area contributed by atoms with E-state index in [0.29, 0.717) is 5.69 Å². The van der Waals surface area contributed by atoms with Crippen molar-refractivity contribution >= 4 is 28.9 Å². The zero-order chi connectivity index (χ0) is 24.0. The number of rotatable bonds is 2. The topological polar surface area (TPSA) is 99.2 Å². The van der Waals surface area contributed by atoms with Gasteiger partial charge in [0.25, 0.3) is 0 Å². The van der Waals surface area contributed by atoms with Crippen molar-refractivity contribution in [1.29, 1.82) is 5.26 Å². The summed E-state index contributed by atoms with van der Waals surface area (Å²) >= 11 is 0. The summed E-state index contributed by atoms with van der Waals surface area (Å²) in [5, 5.41) is 11.1. The average Bonchev–Trinajstić information content (AvgIpc) is 2.78. The third-order valence-corrected chi connectivity index (χ3v) is 5.21. The Morgan fingerprint density at radius 2 is 1.82 bits per heavy atom. The molecule has 2 amide bonds. The van der Waals surface area contributed by atoms with E-state index >= 15 is 0 Å². The number of carbonyl (C=O) groups excluding carboxylic acids is 2. The molecule has 0 saturated carbocycles. The molecule has 3 N–H and O–H groups in total. The lowest BCUT2D eigenvalue weighted by molar-refractivity contribution is -0.116. The van der Waals surface area contributed by atoms with Crippen molar-refractivity contribution in [2.75, 3.05) is 22.5 Å². The van der Waals surface area contributed by atoms with Crippen molar-refractivity contribution in [1.82, 2.24) is 0 Å². The van der Waals surface area contributed by atoms with Gasteiger partial charge in [0, 0.05) is 37.5 Å². The highest BCUT2D eigenvalue weighted by atomic mass is 19.1. The molecule has 0 aromatic heterocycles. The van der Waals surface area contributed by atoms with Crippen molar-refractivity contribution in [3.8, 4) is 17.2 Å². The summed E-state index contributed by atoms with van der Waals surface area (Å²) in [4.78, 5) is 24.8. The normalized spacial score (nSPS) is 12.0. The molecule has 7 heteroatoms. The zero-order valence-corrected chi connectivity index (χ0v) is 18.6. The fraction of sp³-hybridized carbons (Fsp3) is 0.192. The lowest BCUT2D eigenvalue weighted by atomic mass is 9.96. The van der Waals surface area contributed by atoms with Crippen molar-refractivity contribution in [2.24, 2.45) is 0 Å². The average molecular weight is 445 g/mol. The number of halogens is 1. The molecule has 33 heavy (non-hydrogen) atoms. The van der Waals surface area contributed by atoms with Crippen LogP contribution in [0, 0.1) is 17.1 Å². The first-order valence-corrected chi connectivity index (χ1v) is 10.5. The Hall–Kier alpha value is -4.18. The number of nitrogens with zero attached hydrogens (tertiary/aromatic N) is 2. The van der Waals surface area contributed by atoms with Gasteiger partial charge in [0.2, 0.25) is 11.8 Å². The van der Waals surface area contributed by atoms with E-state index in [4.69, 9.17) is 11.0 Å². The van der Waals surface area contributed by atoms with E-state index in [1.807, 2.05) is 41.3 Å². The van der Waals surface area contributed by atoms with Gasteiger partial charge in [-0.2, -0.15) is 5.26 Å². The van der Waals surface area contributed by atoms with Crippen LogP contribution in [0.25, 0.3) is 11.1 Å². The maximum Gasteiger partial charge on any atom is 0.223 e. The van der Waals surface area contributed by atoms with Crippen LogP contribution in [0.4, 0.5) is 21.5 Å². The molecule has 3 aromatic carbocycles. The second kappa shape index (κ2) is 10.4. The number of anilines is 3. The molecule has 1 aliphatic heterocycles. The Balaban J connectivity index is 0.000000257. The molecule has 1 aliphatic rings.